The second kappa shape index (κ2) is 17.4. The number of nitrogens with zero attached hydrogens (tertiary/aromatic N) is 4. The van der Waals surface area contributed by atoms with Gasteiger partial charge in [-0.25, -0.2) is 47.2 Å². The number of hydrogen-bond donors (Lipinski definition) is 2. The summed E-state index contributed by atoms with van der Waals surface area (Å²) in [7, 11) is -9.89. The Hall–Kier alpha value is -1.50. The maximum atomic E-state index is 8.49. The normalized spacial score (nSPS) is 11.0. The van der Waals surface area contributed by atoms with Crippen LogP contribution in [0.15, 0.2) is 34.8 Å². The van der Waals surface area contributed by atoms with Crippen LogP contribution >= 0.6 is 0 Å². The molecule has 169 valence electrons. The Kier molecular flexibility index (Phi) is 19.3. The van der Waals surface area contributed by atoms with Crippen molar-refractivity contribution in [3.8, 4) is 0 Å². The molecule has 0 aliphatic rings. The zero-order chi connectivity index (χ0) is 20.8. The number of halogens is 2. The van der Waals surface area contributed by atoms with E-state index >= 15 is 0 Å². The molecule has 0 aliphatic heterocycles. The fraction of sp³-hybridized carbons (Fsp3) is 0.273. The van der Waals surface area contributed by atoms with E-state index < -0.39 is 20.5 Å². The van der Waals surface area contributed by atoms with Crippen LogP contribution in [0.5, 0.6) is 0 Å². The van der Waals surface area contributed by atoms with Crippen LogP contribution in [0.4, 0.5) is 0 Å². The quantitative estimate of drug-likeness (QED) is 0.210. The predicted molar refractivity (Wildman–Crippen MR) is 70.3 cm³/mol. The molecule has 1 radical (unpaired) electrons. The number of aliphatic imine (C=N–C) groups is 2. The summed E-state index contributed by atoms with van der Waals surface area (Å²) < 4.78 is 67.9. The van der Waals surface area contributed by atoms with E-state index in [1.165, 1.54) is 0 Å². The molecule has 0 saturated heterocycles. The van der Waals surface area contributed by atoms with Gasteiger partial charge >= 0.3 is 17.1 Å². The minimum atomic E-state index is -4.94. The van der Waals surface area contributed by atoms with E-state index in [9.17, 15) is 0 Å². The molecule has 0 spiro atoms. The van der Waals surface area contributed by atoms with Gasteiger partial charge in [-0.1, -0.05) is 0 Å². The molecule has 15 nitrogen and oxygen atoms in total. The first-order valence-electron chi connectivity index (χ1n) is 6.67. The Morgan fingerprint density at radius 3 is 1.31 bits per heavy atom. The van der Waals surface area contributed by atoms with Crippen molar-refractivity contribution in [2.45, 2.75) is 6.42 Å². The van der Waals surface area contributed by atoms with Gasteiger partial charge in [0.25, 0.3) is 0 Å². The van der Waals surface area contributed by atoms with Crippen LogP contribution in [0.3, 0.4) is 0 Å². The van der Waals surface area contributed by atoms with Crippen molar-refractivity contribution in [3.05, 3.63) is 36.4 Å². The average Bonchev–Trinajstić information content (AvgIpc) is 3.16. The van der Waals surface area contributed by atoms with Gasteiger partial charge in [-0.15, -0.1) is 20.5 Å². The molecular weight excluding hydrogens is 495 g/mol. The van der Waals surface area contributed by atoms with E-state index in [4.69, 9.17) is 37.3 Å². The molecule has 0 aromatic carbocycles. The summed E-state index contributed by atoms with van der Waals surface area (Å²) in [6, 6.07) is 0. The maximum Gasteiger partial charge on any atom is 2.00 e. The van der Waals surface area contributed by atoms with Crippen LogP contribution in [-0.4, -0.2) is 50.9 Å². The molecule has 0 aliphatic carbocycles. The summed E-state index contributed by atoms with van der Waals surface area (Å²) >= 11 is 0. The van der Waals surface area contributed by atoms with Crippen LogP contribution in [0, 0.1) is 20.5 Å². The molecule has 2 aromatic heterocycles. The Labute approximate surface area is 178 Å². The van der Waals surface area contributed by atoms with Crippen molar-refractivity contribution >= 4 is 12.4 Å². The Bertz CT molecular complexity index is 579. The van der Waals surface area contributed by atoms with Gasteiger partial charge in [-0.2, -0.15) is 0 Å². The molecule has 0 atom stereocenters. The third-order valence-corrected chi connectivity index (χ3v) is 2.04. The summed E-state index contributed by atoms with van der Waals surface area (Å²) in [6.45, 7) is 1.49. The van der Waals surface area contributed by atoms with E-state index in [0.29, 0.717) is 0 Å². The Balaban J connectivity index is -0.000000477. The van der Waals surface area contributed by atoms with Crippen molar-refractivity contribution < 1.29 is 80.3 Å². The van der Waals surface area contributed by atoms with E-state index in [2.05, 4.69) is 29.9 Å². The van der Waals surface area contributed by atoms with Gasteiger partial charge < -0.3 is 15.4 Å². The SMILES string of the molecule is C(=NCCCN=Cc1ncc[nH]1)c1ncc[nH]1.O.[Cu+2].[O-][Cl+3]([O-])([O-])[O-].[O-][Cl+3]([O-])([O-])[O-]. The Morgan fingerprint density at radius 1 is 0.759 bits per heavy atom. The van der Waals surface area contributed by atoms with Gasteiger partial charge in [-0.3, -0.25) is 9.98 Å². The van der Waals surface area contributed by atoms with Gasteiger partial charge in [-0.05, 0) is 6.42 Å². The molecule has 0 amide bonds. The number of imidazole rings is 2. The number of hydrogen-bond acceptors (Lipinski definition) is 12. The number of aromatic nitrogens is 4. The first kappa shape index (κ1) is 32.2. The molecular formula is C11H16Cl2CuN6O9. The van der Waals surface area contributed by atoms with Crippen molar-refractivity contribution in [3.63, 3.8) is 0 Å². The van der Waals surface area contributed by atoms with Crippen molar-refractivity contribution in [2.75, 3.05) is 13.1 Å². The largest absolute Gasteiger partial charge is 2.00 e. The molecule has 0 unspecified atom stereocenters. The first-order valence-corrected chi connectivity index (χ1v) is 9.14. The van der Waals surface area contributed by atoms with Crippen LogP contribution in [0.1, 0.15) is 18.1 Å². The van der Waals surface area contributed by atoms with Crippen LogP contribution in [0.25, 0.3) is 0 Å². The van der Waals surface area contributed by atoms with E-state index in [-0.39, 0.29) is 22.5 Å². The first-order chi connectivity index (χ1) is 12.4. The summed E-state index contributed by atoms with van der Waals surface area (Å²) in [5.74, 6) is 1.56. The molecule has 18 heteroatoms. The average molecular weight is 511 g/mol. The van der Waals surface area contributed by atoms with Gasteiger partial charge in [0.15, 0.2) is 0 Å². The number of H-pyrrole nitrogens is 2. The molecule has 2 heterocycles. The van der Waals surface area contributed by atoms with Crippen LogP contribution in [0.2, 0.25) is 0 Å². The summed E-state index contributed by atoms with van der Waals surface area (Å²) in [6.07, 6.45) is 11.3. The topological polar surface area (TPSA) is 298 Å². The van der Waals surface area contributed by atoms with E-state index in [1.54, 1.807) is 37.2 Å². The third-order valence-electron chi connectivity index (χ3n) is 2.04. The fourth-order valence-corrected chi connectivity index (χ4v) is 1.25. The standard InChI is InChI=1S/C11H14N6.2ClHO4.Cu.H2O/c1(2-12-8-10-14-4-5-15-10)3-13-9-11-16-6-7-17-11;2*2-1(3,4)5;;/h4-9H,1-3H2,(H,14,15)(H,16,17);2*(H,2,3,4,5);;1H2/q;;;+2;/p-2. The summed E-state index contributed by atoms with van der Waals surface area (Å²) in [5.41, 5.74) is 0. The smallest absolute Gasteiger partial charge is 0.412 e. The van der Waals surface area contributed by atoms with E-state index in [0.717, 1.165) is 31.2 Å². The van der Waals surface area contributed by atoms with Gasteiger partial charge in [0.2, 0.25) is 0 Å². The Morgan fingerprint density at radius 2 is 1.07 bits per heavy atom. The number of aromatic amines is 2. The van der Waals surface area contributed by atoms with Gasteiger partial charge in [0.1, 0.15) is 11.6 Å². The van der Waals surface area contributed by atoms with Gasteiger partial charge in [0, 0.05) is 37.9 Å². The van der Waals surface area contributed by atoms with Crippen molar-refractivity contribution in [1.82, 2.24) is 19.9 Å². The molecule has 4 N–H and O–H groups in total. The van der Waals surface area contributed by atoms with Crippen LogP contribution < -0.4 is 37.3 Å². The molecule has 0 bridgehead atoms. The molecule has 2 rings (SSSR count). The van der Waals surface area contributed by atoms with Gasteiger partial charge in [0.05, 0.1) is 12.4 Å². The third kappa shape index (κ3) is 31.4. The minimum absolute atomic E-state index is 0. The summed E-state index contributed by atoms with van der Waals surface area (Å²) in [5, 5.41) is 0. The second-order valence-electron chi connectivity index (χ2n) is 4.13. The van der Waals surface area contributed by atoms with Crippen molar-refractivity contribution in [2.24, 2.45) is 9.98 Å². The maximum absolute atomic E-state index is 8.49. The predicted octanol–water partition coefficient (Wildman–Crippen LogP) is -9.28. The number of rotatable bonds is 6. The van der Waals surface area contributed by atoms with E-state index in [1.807, 2.05) is 0 Å². The minimum Gasteiger partial charge on any atom is -0.412 e. The molecule has 29 heavy (non-hydrogen) atoms. The fourth-order valence-electron chi connectivity index (χ4n) is 1.25. The van der Waals surface area contributed by atoms with Crippen molar-refractivity contribution in [1.29, 1.82) is 0 Å². The molecule has 2 aromatic rings. The van der Waals surface area contributed by atoms with Crippen LogP contribution in [-0.2, 0) is 17.1 Å². The summed E-state index contributed by atoms with van der Waals surface area (Å²) in [4.78, 5) is 22.4. The zero-order valence-corrected chi connectivity index (χ0v) is 16.7. The number of nitrogens with one attached hydrogen (secondary N) is 2. The molecule has 0 saturated carbocycles. The second-order valence-corrected chi connectivity index (χ2v) is 5.64. The zero-order valence-electron chi connectivity index (χ0n) is 14.2. The monoisotopic (exact) mass is 509 g/mol. The molecule has 0 fully saturated rings.